The molecule has 1 aliphatic heterocycles. The lowest BCUT2D eigenvalue weighted by atomic mass is 10.1. The van der Waals surface area contributed by atoms with Crippen molar-refractivity contribution in [1.82, 2.24) is 15.2 Å². The van der Waals surface area contributed by atoms with Gasteiger partial charge in [0.05, 0.1) is 6.54 Å². The highest BCUT2D eigenvalue weighted by Crippen LogP contribution is 2.17. The monoisotopic (exact) mass is 239 g/mol. The van der Waals surface area contributed by atoms with Crippen LogP contribution >= 0.6 is 11.3 Å². The first-order valence-electron chi connectivity index (χ1n) is 6.07. The van der Waals surface area contributed by atoms with Gasteiger partial charge in [0.2, 0.25) is 0 Å². The Kier molecular flexibility index (Phi) is 4.32. The summed E-state index contributed by atoms with van der Waals surface area (Å²) < 4.78 is 0. The van der Waals surface area contributed by atoms with Crippen LogP contribution in [0.2, 0.25) is 0 Å². The number of hydrogen-bond donors (Lipinski definition) is 1. The summed E-state index contributed by atoms with van der Waals surface area (Å²) in [5.41, 5.74) is 1.15. The van der Waals surface area contributed by atoms with E-state index in [1.165, 1.54) is 30.8 Å². The molecule has 0 radical (unpaired) electrons. The highest BCUT2D eigenvalue weighted by atomic mass is 32.1. The first kappa shape index (κ1) is 12.0. The first-order chi connectivity index (χ1) is 7.75. The molecule has 2 rings (SSSR count). The van der Waals surface area contributed by atoms with Crippen molar-refractivity contribution < 1.29 is 0 Å². The van der Waals surface area contributed by atoms with Crippen LogP contribution in [0.15, 0.2) is 5.38 Å². The number of nitrogens with one attached hydrogen (secondary N) is 1. The van der Waals surface area contributed by atoms with Gasteiger partial charge in [-0.25, -0.2) is 4.98 Å². The zero-order valence-corrected chi connectivity index (χ0v) is 11.0. The Bertz CT molecular complexity index is 316. The first-order valence-corrected chi connectivity index (χ1v) is 6.95. The van der Waals surface area contributed by atoms with Gasteiger partial charge in [-0.3, -0.25) is 4.90 Å². The van der Waals surface area contributed by atoms with Gasteiger partial charge in [0.15, 0.2) is 0 Å². The molecule has 0 amide bonds. The molecule has 1 unspecified atom stereocenters. The van der Waals surface area contributed by atoms with E-state index in [-0.39, 0.29) is 0 Å². The fraction of sp³-hybridized carbons (Fsp3) is 0.750. The van der Waals surface area contributed by atoms with E-state index in [0.717, 1.165) is 24.8 Å². The smallest absolute Gasteiger partial charge is 0.107 e. The van der Waals surface area contributed by atoms with Gasteiger partial charge < -0.3 is 5.32 Å². The van der Waals surface area contributed by atoms with E-state index in [9.17, 15) is 0 Å². The van der Waals surface area contributed by atoms with E-state index in [2.05, 4.69) is 34.6 Å². The molecule has 16 heavy (non-hydrogen) atoms. The fourth-order valence-corrected chi connectivity index (χ4v) is 3.09. The van der Waals surface area contributed by atoms with Crippen LogP contribution in [0.1, 0.15) is 30.0 Å². The fourth-order valence-electron chi connectivity index (χ4n) is 2.26. The molecule has 4 heteroatoms. The normalized spacial score (nSPS) is 22.3. The van der Waals surface area contributed by atoms with Crippen LogP contribution in [0.4, 0.5) is 0 Å². The molecule has 3 nitrogen and oxygen atoms in total. The SMILES string of the molecule is Cc1csc(CN(C)C2CCCNCC2)n1. The Morgan fingerprint density at radius 1 is 1.50 bits per heavy atom. The van der Waals surface area contributed by atoms with Crippen molar-refractivity contribution in [3.63, 3.8) is 0 Å². The molecule has 1 fully saturated rings. The second-order valence-electron chi connectivity index (χ2n) is 4.63. The number of nitrogens with zero attached hydrogens (tertiary/aromatic N) is 2. The second kappa shape index (κ2) is 5.75. The van der Waals surface area contributed by atoms with Crippen molar-refractivity contribution in [2.75, 3.05) is 20.1 Å². The number of thiazole rings is 1. The number of hydrogen-bond acceptors (Lipinski definition) is 4. The van der Waals surface area contributed by atoms with Gasteiger partial charge in [-0.2, -0.15) is 0 Å². The van der Waals surface area contributed by atoms with Crippen LogP contribution in [0.5, 0.6) is 0 Å². The summed E-state index contributed by atoms with van der Waals surface area (Å²) in [6.45, 7) is 5.41. The molecule has 1 saturated heterocycles. The zero-order valence-electron chi connectivity index (χ0n) is 10.2. The van der Waals surface area contributed by atoms with Gasteiger partial charge in [-0.1, -0.05) is 0 Å². The van der Waals surface area contributed by atoms with E-state index in [0.29, 0.717) is 0 Å². The van der Waals surface area contributed by atoms with Crippen molar-refractivity contribution in [2.24, 2.45) is 0 Å². The van der Waals surface area contributed by atoms with Crippen molar-refractivity contribution in [3.05, 3.63) is 16.1 Å². The van der Waals surface area contributed by atoms with E-state index in [1.54, 1.807) is 11.3 Å². The molecule has 0 aliphatic carbocycles. The maximum atomic E-state index is 4.53. The third-order valence-corrected chi connectivity index (χ3v) is 4.17. The van der Waals surface area contributed by atoms with Crippen LogP contribution < -0.4 is 5.32 Å². The highest BCUT2D eigenvalue weighted by Gasteiger charge is 2.17. The predicted octanol–water partition coefficient (Wildman–Crippen LogP) is 2.03. The average Bonchev–Trinajstić information content (AvgIpc) is 2.56. The maximum absolute atomic E-state index is 4.53. The number of aryl methyl sites for hydroxylation is 1. The van der Waals surface area contributed by atoms with Crippen LogP contribution in [0, 0.1) is 6.92 Å². The number of aromatic nitrogens is 1. The molecule has 1 N–H and O–H groups in total. The Hall–Kier alpha value is -0.450. The summed E-state index contributed by atoms with van der Waals surface area (Å²) in [4.78, 5) is 6.99. The average molecular weight is 239 g/mol. The summed E-state index contributed by atoms with van der Waals surface area (Å²) in [6.07, 6.45) is 3.88. The van der Waals surface area contributed by atoms with E-state index >= 15 is 0 Å². The Balaban J connectivity index is 1.88. The van der Waals surface area contributed by atoms with Crippen LogP contribution in [-0.4, -0.2) is 36.1 Å². The highest BCUT2D eigenvalue weighted by molar-refractivity contribution is 7.09. The Morgan fingerprint density at radius 3 is 3.12 bits per heavy atom. The molecular weight excluding hydrogens is 218 g/mol. The lowest BCUT2D eigenvalue weighted by Gasteiger charge is -2.25. The maximum Gasteiger partial charge on any atom is 0.107 e. The quantitative estimate of drug-likeness (QED) is 0.875. The number of rotatable bonds is 3. The van der Waals surface area contributed by atoms with E-state index < -0.39 is 0 Å². The molecular formula is C12H21N3S. The minimum atomic E-state index is 0.721. The molecule has 1 aliphatic rings. The molecule has 1 aromatic heterocycles. The van der Waals surface area contributed by atoms with Gasteiger partial charge in [0.25, 0.3) is 0 Å². The topological polar surface area (TPSA) is 28.2 Å². The molecule has 90 valence electrons. The standard InChI is InChI=1S/C12H21N3S/c1-10-9-16-12(14-10)8-15(2)11-4-3-6-13-7-5-11/h9,11,13H,3-8H2,1-2H3. The zero-order chi connectivity index (χ0) is 11.4. The van der Waals surface area contributed by atoms with Gasteiger partial charge in [-0.05, 0) is 46.3 Å². The van der Waals surface area contributed by atoms with E-state index in [4.69, 9.17) is 0 Å². The third kappa shape index (κ3) is 3.27. The summed E-state index contributed by atoms with van der Waals surface area (Å²) in [5.74, 6) is 0. The molecule has 2 heterocycles. The minimum Gasteiger partial charge on any atom is -0.317 e. The lowest BCUT2D eigenvalue weighted by molar-refractivity contribution is 0.216. The van der Waals surface area contributed by atoms with Crippen LogP contribution in [0.25, 0.3) is 0 Å². The summed E-state index contributed by atoms with van der Waals surface area (Å²) in [5, 5.41) is 6.84. The molecule has 0 saturated carbocycles. The molecule has 0 aromatic carbocycles. The molecule has 0 bridgehead atoms. The van der Waals surface area contributed by atoms with E-state index in [1.807, 2.05) is 0 Å². The Morgan fingerprint density at radius 2 is 2.38 bits per heavy atom. The Labute approximate surface area is 102 Å². The van der Waals surface area contributed by atoms with Crippen molar-refractivity contribution >= 4 is 11.3 Å². The van der Waals surface area contributed by atoms with Crippen molar-refractivity contribution in [1.29, 1.82) is 0 Å². The van der Waals surface area contributed by atoms with Gasteiger partial charge >= 0.3 is 0 Å². The molecule has 1 atom stereocenters. The summed E-state index contributed by atoms with van der Waals surface area (Å²) >= 11 is 1.78. The van der Waals surface area contributed by atoms with Crippen LogP contribution in [-0.2, 0) is 6.54 Å². The van der Waals surface area contributed by atoms with Gasteiger partial charge in [0, 0.05) is 17.1 Å². The van der Waals surface area contributed by atoms with Crippen molar-refractivity contribution in [3.8, 4) is 0 Å². The van der Waals surface area contributed by atoms with Gasteiger partial charge in [0.1, 0.15) is 5.01 Å². The van der Waals surface area contributed by atoms with Crippen LogP contribution in [0.3, 0.4) is 0 Å². The minimum absolute atomic E-state index is 0.721. The van der Waals surface area contributed by atoms with Crippen molar-refractivity contribution in [2.45, 2.75) is 38.8 Å². The second-order valence-corrected chi connectivity index (χ2v) is 5.58. The molecule has 0 spiro atoms. The summed E-state index contributed by atoms with van der Waals surface area (Å²) in [7, 11) is 2.23. The van der Waals surface area contributed by atoms with Gasteiger partial charge in [-0.15, -0.1) is 11.3 Å². The largest absolute Gasteiger partial charge is 0.317 e. The third-order valence-electron chi connectivity index (χ3n) is 3.22. The lowest BCUT2D eigenvalue weighted by Crippen LogP contribution is -2.31. The summed E-state index contributed by atoms with van der Waals surface area (Å²) in [6, 6.07) is 0.721. The predicted molar refractivity (Wildman–Crippen MR) is 68.8 cm³/mol. The molecule has 1 aromatic rings.